The maximum atomic E-state index is 13.1. The second-order valence-corrected chi connectivity index (χ2v) is 9.72. The number of imide groups is 1. The molecule has 0 radical (unpaired) electrons. The summed E-state index contributed by atoms with van der Waals surface area (Å²) in [6.45, 7) is 4.43. The summed E-state index contributed by atoms with van der Waals surface area (Å²) >= 11 is 0. The summed E-state index contributed by atoms with van der Waals surface area (Å²) in [4.78, 5) is 38.6. The summed E-state index contributed by atoms with van der Waals surface area (Å²) in [6.07, 6.45) is 0.874. The molecule has 31 heavy (non-hydrogen) atoms. The van der Waals surface area contributed by atoms with Crippen molar-refractivity contribution in [2.24, 2.45) is 0 Å². The summed E-state index contributed by atoms with van der Waals surface area (Å²) in [7, 11) is -3.77. The number of hydrogen-bond acceptors (Lipinski definition) is 6. The number of nitrogens with one attached hydrogen (secondary N) is 2. The first-order valence-electron chi connectivity index (χ1n) is 10.0. The van der Waals surface area contributed by atoms with Gasteiger partial charge in [0.25, 0.3) is 11.8 Å². The van der Waals surface area contributed by atoms with E-state index in [9.17, 15) is 27.2 Å². The minimum atomic E-state index is -3.77. The van der Waals surface area contributed by atoms with Crippen molar-refractivity contribution in [3.05, 3.63) is 30.1 Å². The number of rotatable bonds is 6. The molecule has 2 aliphatic rings. The predicted molar refractivity (Wildman–Crippen MR) is 108 cm³/mol. The fourth-order valence-corrected chi connectivity index (χ4v) is 4.96. The second-order valence-electron chi connectivity index (χ2n) is 7.78. The molecule has 4 amide bonds. The number of hydrogen-bond donors (Lipinski definition) is 2. The molecule has 1 unspecified atom stereocenters. The average Bonchev–Trinajstić information content (AvgIpc) is 2.88. The number of nitrogens with zero attached hydrogens (tertiary/aromatic N) is 3. The highest BCUT2D eigenvalue weighted by Crippen LogP contribution is 2.20. The van der Waals surface area contributed by atoms with Gasteiger partial charge in [0.2, 0.25) is 10.0 Å². The van der Waals surface area contributed by atoms with Crippen LogP contribution < -0.4 is 10.7 Å². The average molecular weight is 456 g/mol. The molecule has 0 bridgehead atoms. The molecule has 2 N–H and O–H groups in total. The van der Waals surface area contributed by atoms with E-state index >= 15 is 0 Å². The van der Waals surface area contributed by atoms with Gasteiger partial charge in [0, 0.05) is 19.6 Å². The van der Waals surface area contributed by atoms with Crippen LogP contribution in [0, 0.1) is 5.82 Å². The molecule has 2 fully saturated rings. The molecular weight excluding hydrogens is 429 g/mol. The third kappa shape index (κ3) is 4.86. The Hall–Kier alpha value is -2.57. The zero-order chi connectivity index (χ0) is 22.8. The van der Waals surface area contributed by atoms with Crippen LogP contribution in [0.2, 0.25) is 0 Å². The first-order chi connectivity index (χ1) is 14.6. The SMILES string of the molecule is CCC1(C)NC(=O)N(NC(=O)CN2CCCN(S(=O)(=O)c3ccc(F)cc3)CC2)C1=O. The van der Waals surface area contributed by atoms with Crippen molar-refractivity contribution in [2.45, 2.75) is 37.1 Å². The van der Waals surface area contributed by atoms with Crippen molar-refractivity contribution < 1.29 is 27.2 Å². The van der Waals surface area contributed by atoms with Crippen LogP contribution in [-0.4, -0.2) is 78.7 Å². The van der Waals surface area contributed by atoms with E-state index in [1.165, 1.54) is 16.4 Å². The second kappa shape index (κ2) is 8.89. The van der Waals surface area contributed by atoms with Gasteiger partial charge in [-0.25, -0.2) is 17.6 Å². The molecule has 0 aromatic heterocycles. The van der Waals surface area contributed by atoms with Crippen LogP contribution in [0.1, 0.15) is 26.7 Å². The highest BCUT2D eigenvalue weighted by atomic mass is 32.2. The van der Waals surface area contributed by atoms with Crippen molar-refractivity contribution in [3.63, 3.8) is 0 Å². The Labute approximate surface area is 180 Å². The van der Waals surface area contributed by atoms with E-state index in [-0.39, 0.29) is 24.5 Å². The Kier molecular flexibility index (Phi) is 6.62. The van der Waals surface area contributed by atoms with Crippen molar-refractivity contribution in [1.29, 1.82) is 0 Å². The van der Waals surface area contributed by atoms with E-state index in [1.807, 2.05) is 0 Å². The van der Waals surface area contributed by atoms with Crippen LogP contribution in [0.3, 0.4) is 0 Å². The number of benzene rings is 1. The molecule has 0 spiro atoms. The fraction of sp³-hybridized carbons (Fsp3) is 0.526. The molecule has 2 saturated heterocycles. The van der Waals surface area contributed by atoms with Crippen molar-refractivity contribution in [1.82, 2.24) is 25.0 Å². The third-order valence-electron chi connectivity index (χ3n) is 5.57. The lowest BCUT2D eigenvalue weighted by atomic mass is 10.00. The molecule has 12 heteroatoms. The summed E-state index contributed by atoms with van der Waals surface area (Å²) in [6, 6.07) is 3.96. The van der Waals surface area contributed by atoms with Gasteiger partial charge < -0.3 is 5.32 Å². The first kappa shape index (κ1) is 23.1. The van der Waals surface area contributed by atoms with Crippen molar-refractivity contribution in [2.75, 3.05) is 32.7 Å². The largest absolute Gasteiger partial charge is 0.344 e. The molecule has 170 valence electrons. The normalized spacial score (nSPS) is 23.5. The van der Waals surface area contributed by atoms with Gasteiger partial charge in [0.15, 0.2) is 0 Å². The van der Waals surface area contributed by atoms with Crippen LogP contribution >= 0.6 is 0 Å². The van der Waals surface area contributed by atoms with Crippen molar-refractivity contribution in [3.8, 4) is 0 Å². The zero-order valence-corrected chi connectivity index (χ0v) is 18.2. The smallest absolute Gasteiger partial charge is 0.322 e. The Morgan fingerprint density at radius 2 is 1.84 bits per heavy atom. The van der Waals surface area contributed by atoms with Gasteiger partial charge in [0.05, 0.1) is 11.4 Å². The molecule has 2 heterocycles. The van der Waals surface area contributed by atoms with Gasteiger partial charge in [-0.3, -0.25) is 19.9 Å². The molecule has 1 aromatic rings. The Balaban J connectivity index is 1.58. The molecule has 0 saturated carbocycles. The molecule has 1 atom stereocenters. The number of amides is 4. The number of carbonyl (C=O) groups is 3. The van der Waals surface area contributed by atoms with Gasteiger partial charge in [0.1, 0.15) is 11.4 Å². The fourth-order valence-electron chi connectivity index (χ4n) is 3.49. The minimum absolute atomic E-state index is 0.0117. The van der Waals surface area contributed by atoms with Crippen LogP contribution in [0.15, 0.2) is 29.2 Å². The Bertz CT molecular complexity index is 970. The molecular formula is C19H26FN5O5S. The lowest BCUT2D eigenvalue weighted by Crippen LogP contribution is -2.51. The summed E-state index contributed by atoms with van der Waals surface area (Å²) in [5, 5.41) is 3.24. The summed E-state index contributed by atoms with van der Waals surface area (Å²) < 4.78 is 40.0. The van der Waals surface area contributed by atoms with Gasteiger partial charge in [-0.15, -0.1) is 0 Å². The number of halogens is 1. The van der Waals surface area contributed by atoms with Crippen LogP contribution in [0.25, 0.3) is 0 Å². The highest BCUT2D eigenvalue weighted by Gasteiger charge is 2.47. The molecule has 0 aliphatic carbocycles. The molecule has 10 nitrogen and oxygen atoms in total. The first-order valence-corrected chi connectivity index (χ1v) is 11.4. The summed E-state index contributed by atoms with van der Waals surface area (Å²) in [5.74, 6) is -1.59. The van der Waals surface area contributed by atoms with Gasteiger partial charge >= 0.3 is 6.03 Å². The van der Waals surface area contributed by atoms with E-state index < -0.39 is 39.2 Å². The number of hydrazine groups is 1. The molecule has 2 aliphatic heterocycles. The van der Waals surface area contributed by atoms with E-state index in [2.05, 4.69) is 10.7 Å². The monoisotopic (exact) mass is 455 g/mol. The van der Waals surface area contributed by atoms with Gasteiger partial charge in [-0.05, 0) is 50.6 Å². The number of carbonyl (C=O) groups excluding carboxylic acids is 3. The van der Waals surface area contributed by atoms with Gasteiger partial charge in [-0.2, -0.15) is 9.31 Å². The van der Waals surface area contributed by atoms with E-state index in [0.29, 0.717) is 30.9 Å². The quantitative estimate of drug-likeness (QED) is 0.595. The van der Waals surface area contributed by atoms with E-state index in [1.54, 1.807) is 18.7 Å². The lowest BCUT2D eigenvalue weighted by Gasteiger charge is -2.23. The van der Waals surface area contributed by atoms with E-state index in [0.717, 1.165) is 12.1 Å². The maximum Gasteiger partial charge on any atom is 0.344 e. The third-order valence-corrected chi connectivity index (χ3v) is 7.48. The highest BCUT2D eigenvalue weighted by molar-refractivity contribution is 7.89. The zero-order valence-electron chi connectivity index (χ0n) is 17.4. The van der Waals surface area contributed by atoms with Crippen LogP contribution in [0.4, 0.5) is 9.18 Å². The molecule has 3 rings (SSSR count). The van der Waals surface area contributed by atoms with Crippen molar-refractivity contribution >= 4 is 27.9 Å². The topological polar surface area (TPSA) is 119 Å². The maximum absolute atomic E-state index is 13.1. The van der Waals surface area contributed by atoms with Crippen LogP contribution in [0.5, 0.6) is 0 Å². The standard InChI is InChI=1S/C19H26FN5O5S/c1-3-19(2)17(27)25(18(28)21-19)22-16(26)13-23-9-4-10-24(12-11-23)31(29,30)15-7-5-14(20)6-8-15/h5-8H,3-4,9-13H2,1-2H3,(H,21,28)(H,22,26). The Morgan fingerprint density at radius 1 is 1.16 bits per heavy atom. The van der Waals surface area contributed by atoms with E-state index in [4.69, 9.17) is 0 Å². The van der Waals surface area contributed by atoms with Gasteiger partial charge in [-0.1, -0.05) is 6.92 Å². The predicted octanol–water partition coefficient (Wildman–Crippen LogP) is 0.274. The summed E-state index contributed by atoms with van der Waals surface area (Å²) in [5.41, 5.74) is 1.28. The Morgan fingerprint density at radius 3 is 2.45 bits per heavy atom. The minimum Gasteiger partial charge on any atom is -0.322 e. The lowest BCUT2D eigenvalue weighted by molar-refractivity contribution is -0.139. The number of urea groups is 1. The molecule has 1 aromatic carbocycles. The number of sulfonamides is 1. The van der Waals surface area contributed by atoms with Crippen LogP contribution in [-0.2, 0) is 19.6 Å².